The van der Waals surface area contributed by atoms with Crippen LogP contribution in [0.2, 0.25) is 0 Å². The van der Waals surface area contributed by atoms with Crippen LogP contribution in [0.5, 0.6) is 0 Å². The molecule has 4 nitrogen and oxygen atoms in total. The lowest BCUT2D eigenvalue weighted by atomic mass is 10.4. The van der Waals surface area contributed by atoms with Gasteiger partial charge < -0.3 is 4.55 Å². The average Bonchev–Trinajstić information content (AvgIpc) is 2.02. The van der Waals surface area contributed by atoms with Crippen molar-refractivity contribution < 1.29 is 17.2 Å². The zero-order valence-electron chi connectivity index (χ0n) is 7.10. The number of sulfone groups is 1. The summed E-state index contributed by atoms with van der Waals surface area (Å²) in [6.45, 7) is 0. The van der Waals surface area contributed by atoms with Crippen LogP contribution in [0.4, 0.5) is 0 Å². The van der Waals surface area contributed by atoms with Gasteiger partial charge in [0.05, 0.1) is 9.79 Å². The van der Waals surface area contributed by atoms with Crippen molar-refractivity contribution in [2.75, 3.05) is 6.26 Å². The highest BCUT2D eigenvalue weighted by Gasteiger charge is 2.12. The molecule has 0 radical (unpaired) electrons. The lowest BCUT2D eigenvalue weighted by molar-refractivity contribution is 0.563. The van der Waals surface area contributed by atoms with Crippen molar-refractivity contribution in [1.82, 2.24) is 0 Å². The van der Waals surface area contributed by atoms with E-state index in [1.54, 1.807) is 0 Å². The highest BCUT2D eigenvalue weighted by molar-refractivity contribution is 9.10. The Kier molecular flexibility index (Phi) is 3.46. The molecule has 78 valence electrons. The van der Waals surface area contributed by atoms with Crippen LogP contribution in [0.15, 0.2) is 32.5 Å². The van der Waals surface area contributed by atoms with Crippen LogP contribution < -0.4 is 0 Å². The molecule has 0 aliphatic carbocycles. The third kappa shape index (κ3) is 2.63. The lowest BCUT2D eigenvalue weighted by Crippen LogP contribution is -1.99. The summed E-state index contributed by atoms with van der Waals surface area (Å²) in [5, 5.41) is 0. The van der Waals surface area contributed by atoms with Gasteiger partial charge in [0, 0.05) is 10.7 Å². The summed E-state index contributed by atoms with van der Waals surface area (Å²) in [6, 6.07) is 3.98. The van der Waals surface area contributed by atoms with Crippen molar-refractivity contribution in [2.24, 2.45) is 0 Å². The molecule has 1 aromatic rings. The molecule has 14 heavy (non-hydrogen) atoms. The van der Waals surface area contributed by atoms with Crippen molar-refractivity contribution in [1.29, 1.82) is 0 Å². The number of hydrogen-bond donors (Lipinski definition) is 1. The Balaban J connectivity index is 3.42. The van der Waals surface area contributed by atoms with Crippen LogP contribution in [0.1, 0.15) is 0 Å². The fraction of sp³-hybridized carbons (Fsp3) is 0.143. The molecular formula is C7H7BrO4S2. The van der Waals surface area contributed by atoms with Gasteiger partial charge in [0.1, 0.15) is 0 Å². The van der Waals surface area contributed by atoms with Gasteiger partial charge >= 0.3 is 0 Å². The maximum absolute atomic E-state index is 11.1. The van der Waals surface area contributed by atoms with E-state index in [-0.39, 0.29) is 9.79 Å². The minimum absolute atomic E-state index is 0.0260. The maximum Gasteiger partial charge on any atom is 0.187 e. The first kappa shape index (κ1) is 11.8. The SMILES string of the molecule is CS(=O)(=O)c1ccc(Br)c(S(=O)O)c1. The van der Waals surface area contributed by atoms with Gasteiger partial charge in [-0.1, -0.05) is 0 Å². The van der Waals surface area contributed by atoms with Crippen LogP contribution in [0, 0.1) is 0 Å². The predicted molar refractivity (Wildman–Crippen MR) is 56.3 cm³/mol. The lowest BCUT2D eigenvalue weighted by Gasteiger charge is -2.02. The smallest absolute Gasteiger partial charge is 0.187 e. The largest absolute Gasteiger partial charge is 0.302 e. The Morgan fingerprint density at radius 1 is 1.43 bits per heavy atom. The Bertz CT molecular complexity index is 480. The minimum atomic E-state index is -3.34. The summed E-state index contributed by atoms with van der Waals surface area (Å²) >= 11 is 0.853. The van der Waals surface area contributed by atoms with E-state index in [2.05, 4.69) is 15.9 Å². The Morgan fingerprint density at radius 2 is 2.00 bits per heavy atom. The van der Waals surface area contributed by atoms with E-state index in [0.29, 0.717) is 4.47 Å². The van der Waals surface area contributed by atoms with Gasteiger partial charge in [-0.3, -0.25) is 0 Å². The Hall–Kier alpha value is -0.240. The van der Waals surface area contributed by atoms with Gasteiger partial charge in [-0.25, -0.2) is 12.6 Å². The van der Waals surface area contributed by atoms with E-state index in [1.165, 1.54) is 18.2 Å². The molecule has 0 amide bonds. The average molecular weight is 299 g/mol. The molecule has 0 aliphatic heterocycles. The number of halogens is 1. The fourth-order valence-corrected chi connectivity index (χ4v) is 2.69. The number of hydrogen-bond acceptors (Lipinski definition) is 3. The second-order valence-corrected chi connectivity index (χ2v) is 6.42. The molecule has 0 aromatic heterocycles. The Morgan fingerprint density at radius 3 is 2.43 bits per heavy atom. The third-order valence-corrected chi connectivity index (χ3v) is 4.30. The van der Waals surface area contributed by atoms with Gasteiger partial charge in [-0.2, -0.15) is 0 Å². The van der Waals surface area contributed by atoms with Crippen molar-refractivity contribution >= 4 is 36.8 Å². The molecule has 1 atom stereocenters. The molecule has 1 unspecified atom stereocenters. The molecule has 0 fully saturated rings. The van der Waals surface area contributed by atoms with Crippen LogP contribution in [0.25, 0.3) is 0 Å². The van der Waals surface area contributed by atoms with Gasteiger partial charge in [0.25, 0.3) is 0 Å². The fourth-order valence-electron chi connectivity index (χ4n) is 0.848. The second kappa shape index (κ2) is 4.09. The van der Waals surface area contributed by atoms with Crippen LogP contribution in [0.3, 0.4) is 0 Å². The number of benzene rings is 1. The van der Waals surface area contributed by atoms with Gasteiger partial charge in [0.2, 0.25) is 0 Å². The molecule has 0 aliphatic rings. The van der Waals surface area contributed by atoms with E-state index >= 15 is 0 Å². The summed E-state index contributed by atoms with van der Waals surface area (Å²) < 4.78 is 42.3. The minimum Gasteiger partial charge on any atom is -0.302 e. The molecule has 1 rings (SSSR count). The summed E-state index contributed by atoms with van der Waals surface area (Å²) in [4.78, 5) is 0.0750. The van der Waals surface area contributed by atoms with E-state index in [9.17, 15) is 12.6 Å². The van der Waals surface area contributed by atoms with E-state index in [0.717, 1.165) is 6.26 Å². The third-order valence-electron chi connectivity index (χ3n) is 1.52. The van der Waals surface area contributed by atoms with Crippen LogP contribution in [-0.2, 0) is 20.9 Å². The normalized spacial score (nSPS) is 13.9. The molecule has 0 saturated carbocycles. The standard InChI is InChI=1S/C7H7BrO4S2/c1-14(11,12)5-2-3-6(8)7(4-5)13(9)10/h2-4H,1H3,(H,9,10). The van der Waals surface area contributed by atoms with Crippen molar-refractivity contribution in [3.8, 4) is 0 Å². The predicted octanol–water partition coefficient (Wildman–Crippen LogP) is 1.43. The molecule has 0 spiro atoms. The second-order valence-electron chi connectivity index (χ2n) is 2.61. The van der Waals surface area contributed by atoms with E-state index in [4.69, 9.17) is 4.55 Å². The molecule has 1 N–H and O–H groups in total. The van der Waals surface area contributed by atoms with Crippen molar-refractivity contribution in [3.63, 3.8) is 0 Å². The summed E-state index contributed by atoms with van der Waals surface area (Å²) in [5.74, 6) is 0. The number of rotatable bonds is 2. The zero-order chi connectivity index (χ0) is 10.9. The molecule has 1 aromatic carbocycles. The molecule has 0 bridgehead atoms. The molecule has 0 saturated heterocycles. The monoisotopic (exact) mass is 298 g/mol. The van der Waals surface area contributed by atoms with Crippen LogP contribution in [-0.4, -0.2) is 23.4 Å². The quantitative estimate of drug-likeness (QED) is 0.839. The summed E-state index contributed by atoms with van der Waals surface area (Å²) in [7, 11) is -3.34. The van der Waals surface area contributed by atoms with Crippen molar-refractivity contribution in [2.45, 2.75) is 9.79 Å². The molecule has 0 heterocycles. The Labute approximate surface area is 92.7 Å². The summed E-state index contributed by atoms with van der Waals surface area (Å²) in [6.07, 6.45) is 1.04. The zero-order valence-corrected chi connectivity index (χ0v) is 10.3. The van der Waals surface area contributed by atoms with Crippen LogP contribution >= 0.6 is 15.9 Å². The highest BCUT2D eigenvalue weighted by atomic mass is 79.9. The highest BCUT2D eigenvalue weighted by Crippen LogP contribution is 2.23. The summed E-state index contributed by atoms with van der Waals surface area (Å²) in [5.41, 5.74) is 0. The van der Waals surface area contributed by atoms with Crippen molar-refractivity contribution in [3.05, 3.63) is 22.7 Å². The topological polar surface area (TPSA) is 71.4 Å². The van der Waals surface area contributed by atoms with Gasteiger partial charge in [-0.05, 0) is 34.1 Å². The first-order valence-corrected chi connectivity index (χ1v) is 7.22. The molecular weight excluding hydrogens is 292 g/mol. The molecule has 7 heteroatoms. The maximum atomic E-state index is 11.1. The van der Waals surface area contributed by atoms with E-state index in [1.807, 2.05) is 0 Å². The first-order chi connectivity index (χ1) is 6.32. The first-order valence-electron chi connectivity index (χ1n) is 3.43. The van der Waals surface area contributed by atoms with Gasteiger partial charge in [-0.15, -0.1) is 0 Å². The van der Waals surface area contributed by atoms with E-state index < -0.39 is 20.9 Å². The van der Waals surface area contributed by atoms with Gasteiger partial charge in [0.15, 0.2) is 20.9 Å².